The summed E-state index contributed by atoms with van der Waals surface area (Å²) in [5.74, 6) is -0.946. The molecule has 0 aromatic rings. The maximum Gasteiger partial charge on any atom is 0.320 e. The Balaban J connectivity index is 2.42. The highest BCUT2D eigenvalue weighted by Crippen LogP contribution is 2.38. The lowest BCUT2D eigenvalue weighted by molar-refractivity contribution is -0.143. The molecular weight excluding hydrogens is 158 g/mol. The van der Waals surface area contributed by atoms with Gasteiger partial charge < -0.3 is 15.6 Å². The third kappa shape index (κ3) is 1.76. The molecule has 0 unspecified atom stereocenters. The Kier molecular flexibility index (Phi) is 2.69. The van der Waals surface area contributed by atoms with Crippen LogP contribution >= 0.6 is 0 Å². The number of methoxy groups -OCH3 is 1. The fourth-order valence-electron chi connectivity index (χ4n) is 1.55. The van der Waals surface area contributed by atoms with Gasteiger partial charge in [-0.1, -0.05) is 0 Å². The van der Waals surface area contributed by atoms with Crippen molar-refractivity contribution in [3.8, 4) is 0 Å². The molecule has 1 aliphatic rings. The highest BCUT2D eigenvalue weighted by Gasteiger charge is 2.39. The highest BCUT2D eigenvalue weighted by molar-refractivity contribution is 5.73. The van der Waals surface area contributed by atoms with Crippen LogP contribution in [0.2, 0.25) is 0 Å². The van der Waals surface area contributed by atoms with Gasteiger partial charge in [-0.3, -0.25) is 4.79 Å². The number of nitrogens with two attached hydrogens (primary N) is 1. The maximum absolute atomic E-state index is 10.5. The summed E-state index contributed by atoms with van der Waals surface area (Å²) >= 11 is 0. The van der Waals surface area contributed by atoms with Crippen LogP contribution < -0.4 is 5.73 Å². The van der Waals surface area contributed by atoms with E-state index >= 15 is 0 Å². The number of hydrogen-bond acceptors (Lipinski definition) is 3. The summed E-state index contributed by atoms with van der Waals surface area (Å²) in [5, 5.41) is 8.58. The smallest absolute Gasteiger partial charge is 0.320 e. The normalized spacial score (nSPS) is 22.8. The average Bonchev–Trinajstić information content (AvgIpc) is 1.96. The second-order valence-electron chi connectivity index (χ2n) is 3.39. The van der Waals surface area contributed by atoms with Crippen LogP contribution in [-0.2, 0) is 9.53 Å². The third-order valence-corrected chi connectivity index (χ3v) is 2.61. The molecular formula is C8H15NO3. The fraction of sp³-hybridized carbons (Fsp3) is 0.875. The lowest BCUT2D eigenvalue weighted by Gasteiger charge is -2.41. The summed E-state index contributed by atoms with van der Waals surface area (Å²) in [4.78, 5) is 10.5. The van der Waals surface area contributed by atoms with E-state index < -0.39 is 12.0 Å². The van der Waals surface area contributed by atoms with Crippen molar-refractivity contribution in [1.29, 1.82) is 0 Å². The molecule has 0 aromatic carbocycles. The van der Waals surface area contributed by atoms with Crippen molar-refractivity contribution >= 4 is 5.97 Å². The molecule has 0 aliphatic heterocycles. The van der Waals surface area contributed by atoms with E-state index in [1.165, 1.54) is 0 Å². The number of rotatable bonds is 4. The molecule has 0 amide bonds. The Hall–Kier alpha value is -0.610. The molecule has 0 spiro atoms. The van der Waals surface area contributed by atoms with Crippen molar-refractivity contribution < 1.29 is 14.6 Å². The highest BCUT2D eigenvalue weighted by atomic mass is 16.5. The SMILES string of the molecule is COC1(C[C@H](N)C(=O)O)CCC1. The average molecular weight is 173 g/mol. The van der Waals surface area contributed by atoms with Crippen LogP contribution in [0.1, 0.15) is 25.7 Å². The lowest BCUT2D eigenvalue weighted by atomic mass is 9.76. The standard InChI is InChI=1S/C8H15NO3/c1-12-8(3-2-4-8)5-6(9)7(10)11/h6H,2-5,9H2,1H3,(H,10,11)/t6-/m0/s1. The fourth-order valence-corrected chi connectivity index (χ4v) is 1.55. The number of carboxylic acid groups (broad SMARTS) is 1. The number of ether oxygens (including phenoxy) is 1. The van der Waals surface area contributed by atoms with Gasteiger partial charge >= 0.3 is 5.97 Å². The first-order chi connectivity index (χ1) is 5.59. The molecule has 0 aromatic heterocycles. The van der Waals surface area contributed by atoms with Gasteiger partial charge in [0, 0.05) is 13.5 Å². The van der Waals surface area contributed by atoms with E-state index in [1.54, 1.807) is 7.11 Å². The second-order valence-corrected chi connectivity index (χ2v) is 3.39. The molecule has 12 heavy (non-hydrogen) atoms. The van der Waals surface area contributed by atoms with E-state index in [9.17, 15) is 4.79 Å². The van der Waals surface area contributed by atoms with Gasteiger partial charge in [-0.05, 0) is 19.3 Å². The number of carbonyl (C=O) groups is 1. The summed E-state index contributed by atoms with van der Waals surface area (Å²) in [6, 6.07) is -0.787. The summed E-state index contributed by atoms with van der Waals surface area (Å²) in [6.07, 6.45) is 3.41. The van der Waals surface area contributed by atoms with Gasteiger partial charge in [0.15, 0.2) is 0 Å². The summed E-state index contributed by atoms with van der Waals surface area (Å²) in [5.41, 5.74) is 5.17. The molecule has 70 valence electrons. The van der Waals surface area contributed by atoms with Crippen molar-refractivity contribution in [2.75, 3.05) is 7.11 Å². The summed E-state index contributed by atoms with van der Waals surface area (Å²) in [6.45, 7) is 0. The van der Waals surface area contributed by atoms with Crippen LogP contribution in [0, 0.1) is 0 Å². The first-order valence-electron chi connectivity index (χ1n) is 4.13. The molecule has 1 rings (SSSR count). The Morgan fingerprint density at radius 3 is 2.58 bits per heavy atom. The third-order valence-electron chi connectivity index (χ3n) is 2.61. The molecule has 4 nitrogen and oxygen atoms in total. The van der Waals surface area contributed by atoms with Crippen LogP contribution in [0.3, 0.4) is 0 Å². The van der Waals surface area contributed by atoms with Crippen LogP contribution in [0.5, 0.6) is 0 Å². The van der Waals surface area contributed by atoms with Gasteiger partial charge in [0.05, 0.1) is 5.60 Å². The minimum Gasteiger partial charge on any atom is -0.480 e. The van der Waals surface area contributed by atoms with Crippen molar-refractivity contribution in [2.45, 2.75) is 37.3 Å². The van der Waals surface area contributed by atoms with E-state index in [-0.39, 0.29) is 5.60 Å². The Morgan fingerprint density at radius 1 is 1.75 bits per heavy atom. The van der Waals surface area contributed by atoms with Crippen molar-refractivity contribution in [1.82, 2.24) is 0 Å². The molecule has 1 aliphatic carbocycles. The minimum absolute atomic E-state index is 0.238. The minimum atomic E-state index is -0.946. The number of aliphatic carboxylic acids is 1. The van der Waals surface area contributed by atoms with E-state index in [0.717, 1.165) is 19.3 Å². The predicted octanol–water partition coefficient (Wildman–Crippen LogP) is 0.357. The molecule has 3 N–H and O–H groups in total. The largest absolute Gasteiger partial charge is 0.480 e. The second kappa shape index (κ2) is 3.41. The quantitative estimate of drug-likeness (QED) is 0.643. The Labute approximate surface area is 71.7 Å². The van der Waals surface area contributed by atoms with E-state index in [0.29, 0.717) is 6.42 Å². The van der Waals surface area contributed by atoms with Crippen LogP contribution in [0.15, 0.2) is 0 Å². The van der Waals surface area contributed by atoms with Gasteiger partial charge in [0.2, 0.25) is 0 Å². The van der Waals surface area contributed by atoms with Gasteiger partial charge in [0.1, 0.15) is 6.04 Å². The van der Waals surface area contributed by atoms with Crippen LogP contribution in [0.25, 0.3) is 0 Å². The van der Waals surface area contributed by atoms with E-state index in [4.69, 9.17) is 15.6 Å². The zero-order valence-corrected chi connectivity index (χ0v) is 7.25. The summed E-state index contributed by atoms with van der Waals surface area (Å²) < 4.78 is 5.25. The molecule has 4 heteroatoms. The molecule has 1 atom stereocenters. The van der Waals surface area contributed by atoms with E-state index in [1.807, 2.05) is 0 Å². The predicted molar refractivity (Wildman–Crippen MR) is 43.8 cm³/mol. The first-order valence-corrected chi connectivity index (χ1v) is 4.13. The van der Waals surface area contributed by atoms with Gasteiger partial charge in [-0.25, -0.2) is 0 Å². The molecule has 1 fully saturated rings. The number of carboxylic acids is 1. The zero-order chi connectivity index (χ0) is 9.19. The molecule has 1 saturated carbocycles. The van der Waals surface area contributed by atoms with Crippen LogP contribution in [0.4, 0.5) is 0 Å². The number of hydrogen-bond donors (Lipinski definition) is 2. The van der Waals surface area contributed by atoms with Crippen LogP contribution in [-0.4, -0.2) is 29.8 Å². The van der Waals surface area contributed by atoms with Gasteiger partial charge in [-0.15, -0.1) is 0 Å². The molecule has 0 bridgehead atoms. The monoisotopic (exact) mass is 173 g/mol. The Morgan fingerprint density at radius 2 is 2.33 bits per heavy atom. The van der Waals surface area contributed by atoms with Crippen molar-refractivity contribution in [3.63, 3.8) is 0 Å². The Bertz CT molecular complexity index is 172. The van der Waals surface area contributed by atoms with Gasteiger partial charge in [-0.2, -0.15) is 0 Å². The van der Waals surface area contributed by atoms with Gasteiger partial charge in [0.25, 0.3) is 0 Å². The molecule has 0 heterocycles. The first kappa shape index (κ1) is 9.48. The van der Waals surface area contributed by atoms with E-state index in [2.05, 4.69) is 0 Å². The molecule has 0 radical (unpaired) electrons. The van der Waals surface area contributed by atoms with Crippen molar-refractivity contribution in [2.24, 2.45) is 5.73 Å². The zero-order valence-electron chi connectivity index (χ0n) is 7.25. The topological polar surface area (TPSA) is 72.5 Å². The molecule has 0 saturated heterocycles. The summed E-state index contributed by atoms with van der Waals surface area (Å²) in [7, 11) is 1.62. The maximum atomic E-state index is 10.5. The lowest BCUT2D eigenvalue weighted by Crippen LogP contribution is -2.46. The van der Waals surface area contributed by atoms with Crippen molar-refractivity contribution in [3.05, 3.63) is 0 Å².